The molecule has 0 saturated carbocycles. The summed E-state index contributed by atoms with van der Waals surface area (Å²) >= 11 is 0. The molecule has 11 nitrogen and oxygen atoms in total. The van der Waals surface area contributed by atoms with Crippen molar-refractivity contribution in [2.75, 3.05) is 19.8 Å². The fourth-order valence-electron chi connectivity index (χ4n) is 6.55. The van der Waals surface area contributed by atoms with Gasteiger partial charge in [0.15, 0.2) is 0 Å². The van der Waals surface area contributed by atoms with Crippen LogP contribution in [0.3, 0.4) is 0 Å². The number of alkyl halides is 13. The zero-order valence-electron chi connectivity index (χ0n) is 36.1. The number of nitriles is 1. The Hall–Kier alpha value is -6.67. The predicted octanol–water partition coefficient (Wildman–Crippen LogP) is 10.9. The van der Waals surface area contributed by atoms with Crippen LogP contribution in [0.2, 0.25) is 0 Å². The fourth-order valence-corrected chi connectivity index (χ4v) is 6.55. The van der Waals surface area contributed by atoms with Gasteiger partial charge in [0.25, 0.3) is 0 Å². The number of hydrogen-bond donors (Lipinski definition) is 2. The maximum atomic E-state index is 14.4. The summed E-state index contributed by atoms with van der Waals surface area (Å²) < 4.78 is 198. The lowest BCUT2D eigenvalue weighted by Crippen LogP contribution is -2.70. The Morgan fingerprint density at radius 3 is 1.77 bits per heavy atom. The molecule has 4 rings (SSSR count). The minimum Gasteiger partial charge on any atom is -0.494 e. The zero-order chi connectivity index (χ0) is 51.8. The summed E-state index contributed by atoms with van der Waals surface area (Å²) in [6.45, 7) is 0.468. The van der Waals surface area contributed by atoms with Gasteiger partial charge in [-0.3, -0.25) is 14.2 Å². The summed E-state index contributed by atoms with van der Waals surface area (Å²) in [6, 6.07) is 21.4. The summed E-state index contributed by atoms with van der Waals surface area (Å²) in [5, 5.41) is 31.0. The first-order valence-corrected chi connectivity index (χ1v) is 20.5. The second kappa shape index (κ2) is 21.7. The molecule has 0 aliphatic heterocycles. The summed E-state index contributed by atoms with van der Waals surface area (Å²) in [7, 11) is 0. The van der Waals surface area contributed by atoms with Gasteiger partial charge in [-0.25, -0.2) is 4.79 Å². The quantitative estimate of drug-likeness (QED) is 0.0317. The molecule has 0 radical (unpaired) electrons. The number of esters is 3. The van der Waals surface area contributed by atoms with Gasteiger partial charge in [-0.1, -0.05) is 25.1 Å². The average Bonchev–Trinajstić information content (AvgIpc) is 3.50. The molecule has 0 aliphatic carbocycles. The molecule has 0 saturated heterocycles. The average molecular weight is 1000 g/mol. The summed E-state index contributed by atoms with van der Waals surface area (Å²) in [5.41, 5.74) is 0.836. The Morgan fingerprint density at radius 1 is 0.667 bits per heavy atom. The van der Waals surface area contributed by atoms with Gasteiger partial charge in [-0.05, 0) is 99.7 Å². The number of unbranched alkanes of at least 4 members (excludes halogenated alkanes) is 1. The Morgan fingerprint density at radius 2 is 1.20 bits per heavy atom. The van der Waals surface area contributed by atoms with Gasteiger partial charge < -0.3 is 29.2 Å². The lowest BCUT2D eigenvalue weighted by molar-refractivity contribution is -0.440. The van der Waals surface area contributed by atoms with Crippen LogP contribution in [-0.2, 0) is 25.5 Å². The van der Waals surface area contributed by atoms with E-state index in [0.717, 1.165) is 4.57 Å². The van der Waals surface area contributed by atoms with E-state index in [-0.39, 0.29) is 60.6 Å². The van der Waals surface area contributed by atoms with Crippen molar-refractivity contribution in [2.24, 2.45) is 11.8 Å². The van der Waals surface area contributed by atoms with Crippen LogP contribution in [-0.4, -0.2) is 88.3 Å². The molecule has 2 N–H and O–H groups in total. The summed E-state index contributed by atoms with van der Waals surface area (Å²) in [5.74, 6) is -44.8. The molecule has 4 aromatic rings. The highest BCUT2D eigenvalue weighted by atomic mass is 19.4. The number of halogens is 13. The van der Waals surface area contributed by atoms with Crippen LogP contribution >= 0.6 is 0 Å². The lowest BCUT2D eigenvalue weighted by atomic mass is 9.87. The van der Waals surface area contributed by atoms with Crippen LogP contribution in [0.15, 0.2) is 78.9 Å². The van der Waals surface area contributed by atoms with E-state index in [1.165, 1.54) is 74.5 Å². The number of carbonyl (C=O) groups excluding carboxylic acids is 3. The van der Waals surface area contributed by atoms with Gasteiger partial charge in [0, 0.05) is 11.1 Å². The first-order chi connectivity index (χ1) is 32.1. The third-order valence-electron chi connectivity index (χ3n) is 10.7. The third-order valence-corrected chi connectivity index (χ3v) is 10.7. The van der Waals surface area contributed by atoms with Crippen LogP contribution in [0.4, 0.5) is 57.1 Å². The molecule has 0 spiro atoms. The molecule has 0 aliphatic rings. The molecular formula is C45H41F13N2O9. The van der Waals surface area contributed by atoms with Crippen LogP contribution in [0.1, 0.15) is 66.1 Å². The van der Waals surface area contributed by atoms with Gasteiger partial charge >= 0.3 is 53.7 Å². The number of aromatic nitrogens is 1. The predicted molar refractivity (Wildman–Crippen MR) is 214 cm³/mol. The summed E-state index contributed by atoms with van der Waals surface area (Å²) in [4.78, 5) is 39.2. The van der Waals surface area contributed by atoms with Crippen LogP contribution < -0.4 is 9.47 Å². The molecule has 3 aromatic carbocycles. The zero-order valence-corrected chi connectivity index (χ0v) is 36.1. The van der Waals surface area contributed by atoms with Crippen LogP contribution in [0, 0.1) is 30.1 Å². The standard InChI is InChI=1S/C45H41F13N2O9/c1-3-28(37(63)68-22-19-40(46,47)41(48,49)42(50,51)43(52,53)44(54,55)45(56,57)58)23-30(24-34-26(2)35(61)60(36(34)62)31-9-5-4-6-10-31)38(64)67-21-8-7-20-66-32-17-13-29(14-18-32)39(65)69-33-15-11-27(25-59)12-16-33/h4-6,9-18,28,30,61-62H,3,7-8,19-24H2,1-2H3. The molecule has 2 atom stereocenters. The van der Waals surface area contributed by atoms with Crippen molar-refractivity contribution < 1.29 is 101 Å². The first kappa shape index (κ1) is 54.9. The van der Waals surface area contributed by atoms with Crippen LogP contribution in [0.25, 0.3) is 5.69 Å². The Labute approximate surface area is 383 Å². The third kappa shape index (κ3) is 12.0. The van der Waals surface area contributed by atoms with E-state index in [4.69, 9.17) is 19.5 Å². The first-order valence-electron chi connectivity index (χ1n) is 20.5. The fraction of sp³-hybridized carbons (Fsp3) is 0.422. The smallest absolute Gasteiger partial charge is 0.460 e. The monoisotopic (exact) mass is 1000 g/mol. The number of hydrogen-bond acceptors (Lipinski definition) is 10. The van der Waals surface area contributed by atoms with Crippen LogP contribution in [0.5, 0.6) is 23.3 Å². The Balaban J connectivity index is 1.42. The van der Waals surface area contributed by atoms with Crippen molar-refractivity contribution in [3.05, 3.63) is 101 Å². The van der Waals surface area contributed by atoms with Gasteiger partial charge in [-0.15, -0.1) is 0 Å². The summed E-state index contributed by atoms with van der Waals surface area (Å²) in [6.07, 6.45) is -11.3. The molecule has 24 heteroatoms. The van der Waals surface area contributed by atoms with E-state index in [0.29, 0.717) is 11.3 Å². The number of carbonyl (C=O) groups is 3. The molecule has 376 valence electrons. The van der Waals surface area contributed by atoms with Crippen molar-refractivity contribution in [1.29, 1.82) is 5.26 Å². The number of nitrogens with zero attached hydrogens (tertiary/aromatic N) is 2. The SMILES string of the molecule is CCC(CC(Cc1c(C)c(O)n(-c2ccccc2)c1O)C(=O)OCCCCOc1ccc(C(=O)Oc2ccc(C#N)cc2)cc1)C(=O)OCCC(F)(F)C(F)(F)C(F)(F)C(F)(F)C(F)(F)C(F)(F)F. The second-order valence-corrected chi connectivity index (χ2v) is 15.4. The lowest BCUT2D eigenvalue weighted by Gasteiger charge is -2.39. The van der Waals surface area contributed by atoms with Gasteiger partial charge in [-0.2, -0.15) is 62.3 Å². The van der Waals surface area contributed by atoms with E-state index in [9.17, 15) is 81.7 Å². The normalized spacial score (nSPS) is 13.5. The maximum absolute atomic E-state index is 14.4. The molecular weight excluding hydrogens is 959 g/mol. The van der Waals surface area contributed by atoms with Crippen molar-refractivity contribution in [3.8, 4) is 35.0 Å². The van der Waals surface area contributed by atoms with E-state index in [1.54, 1.807) is 18.2 Å². The van der Waals surface area contributed by atoms with Gasteiger partial charge in [0.1, 0.15) is 11.5 Å². The molecule has 1 heterocycles. The molecule has 1 aromatic heterocycles. The van der Waals surface area contributed by atoms with Gasteiger partial charge in [0.2, 0.25) is 11.8 Å². The number of ether oxygens (including phenoxy) is 4. The molecule has 0 amide bonds. The highest BCUT2D eigenvalue weighted by molar-refractivity contribution is 5.91. The van der Waals surface area contributed by atoms with Crippen molar-refractivity contribution in [2.45, 2.75) is 88.2 Å². The number of benzene rings is 3. The Kier molecular flexibility index (Phi) is 17.3. The number of para-hydroxylation sites is 1. The van der Waals surface area contributed by atoms with E-state index in [1.807, 2.05) is 6.07 Å². The number of rotatable bonds is 23. The number of aromatic hydroxyl groups is 2. The van der Waals surface area contributed by atoms with Crippen molar-refractivity contribution >= 4 is 17.9 Å². The minimum atomic E-state index is -8.10. The topological polar surface area (TPSA) is 157 Å². The molecule has 2 unspecified atom stereocenters. The largest absolute Gasteiger partial charge is 0.494 e. The van der Waals surface area contributed by atoms with E-state index < -0.39 is 103 Å². The minimum absolute atomic E-state index is 0.0424. The highest BCUT2D eigenvalue weighted by Crippen LogP contribution is 2.60. The van der Waals surface area contributed by atoms with Gasteiger partial charge in [0.05, 0.1) is 61.0 Å². The molecule has 69 heavy (non-hydrogen) atoms. The second-order valence-electron chi connectivity index (χ2n) is 15.4. The van der Waals surface area contributed by atoms with E-state index >= 15 is 0 Å². The maximum Gasteiger partial charge on any atom is 0.460 e. The van der Waals surface area contributed by atoms with Crippen molar-refractivity contribution in [1.82, 2.24) is 4.57 Å². The Bertz CT molecular complexity index is 2440. The van der Waals surface area contributed by atoms with E-state index in [2.05, 4.69) is 4.74 Å². The highest BCUT2D eigenvalue weighted by Gasteiger charge is 2.90. The van der Waals surface area contributed by atoms with Crippen molar-refractivity contribution in [3.63, 3.8) is 0 Å². The molecule has 0 bridgehead atoms. The molecule has 0 fully saturated rings.